The minimum Gasteiger partial charge on any atom is -0.497 e. The van der Waals surface area contributed by atoms with Crippen LogP contribution in [0.4, 0.5) is 0 Å². The first-order valence-electron chi connectivity index (χ1n) is 10.3. The maximum atomic E-state index is 13.1. The molecule has 1 N–H and O–H groups in total. The van der Waals surface area contributed by atoms with Crippen LogP contribution in [-0.4, -0.2) is 36.0 Å². The van der Waals surface area contributed by atoms with Crippen molar-refractivity contribution < 1.29 is 9.53 Å². The lowest BCUT2D eigenvalue weighted by Crippen LogP contribution is -2.38. The van der Waals surface area contributed by atoms with E-state index in [0.29, 0.717) is 5.92 Å². The maximum absolute atomic E-state index is 13.1. The van der Waals surface area contributed by atoms with Gasteiger partial charge in [-0.3, -0.25) is 4.79 Å². The summed E-state index contributed by atoms with van der Waals surface area (Å²) in [5, 5.41) is 3.35. The number of hydrogen-bond acceptors (Lipinski definition) is 3. The summed E-state index contributed by atoms with van der Waals surface area (Å²) in [7, 11) is 1.71. The summed E-state index contributed by atoms with van der Waals surface area (Å²) in [4.78, 5) is 20.0. The van der Waals surface area contributed by atoms with E-state index in [1.54, 1.807) is 18.4 Å². The number of ether oxygens (including phenoxy) is 1. The monoisotopic (exact) mass is 394 g/mol. The Kier molecular flexibility index (Phi) is 4.63. The van der Waals surface area contributed by atoms with Gasteiger partial charge >= 0.3 is 0 Å². The Balaban J connectivity index is 1.31. The lowest BCUT2D eigenvalue weighted by molar-refractivity contribution is 0.0712. The number of thiophene rings is 1. The number of carbonyl (C=O) groups is 1. The molecule has 1 aliphatic carbocycles. The second kappa shape index (κ2) is 7.28. The molecular weight excluding hydrogens is 368 g/mol. The molecule has 0 radical (unpaired) electrons. The van der Waals surface area contributed by atoms with Crippen molar-refractivity contribution in [2.45, 2.75) is 44.4 Å². The number of carbonyl (C=O) groups excluding carboxylic acids is 1. The smallest absolute Gasteiger partial charge is 0.254 e. The van der Waals surface area contributed by atoms with Gasteiger partial charge in [-0.15, -0.1) is 11.3 Å². The number of piperidine rings is 1. The zero-order valence-electron chi connectivity index (χ0n) is 16.3. The first-order valence-corrected chi connectivity index (χ1v) is 11.2. The van der Waals surface area contributed by atoms with Gasteiger partial charge in [-0.2, -0.15) is 0 Å². The van der Waals surface area contributed by atoms with Crippen molar-refractivity contribution in [1.82, 2.24) is 9.88 Å². The van der Waals surface area contributed by atoms with Crippen molar-refractivity contribution >= 4 is 28.1 Å². The number of nitrogens with zero attached hydrogens (tertiary/aromatic N) is 1. The molecule has 5 rings (SSSR count). The predicted octanol–water partition coefficient (Wildman–Crippen LogP) is 5.14. The zero-order valence-corrected chi connectivity index (χ0v) is 17.1. The van der Waals surface area contributed by atoms with Gasteiger partial charge in [-0.1, -0.05) is 0 Å². The van der Waals surface area contributed by atoms with Gasteiger partial charge < -0.3 is 14.6 Å². The fourth-order valence-electron chi connectivity index (χ4n) is 4.82. The van der Waals surface area contributed by atoms with E-state index in [-0.39, 0.29) is 5.91 Å². The van der Waals surface area contributed by atoms with Crippen LogP contribution in [0.2, 0.25) is 0 Å². The lowest BCUT2D eigenvalue weighted by atomic mass is 9.88. The number of aryl methyl sites for hydroxylation is 1. The molecule has 2 aliphatic rings. The Morgan fingerprint density at radius 3 is 2.86 bits per heavy atom. The number of aromatic nitrogens is 1. The number of amides is 1. The van der Waals surface area contributed by atoms with Gasteiger partial charge in [0.15, 0.2) is 0 Å². The Morgan fingerprint density at radius 1 is 1.21 bits per heavy atom. The molecule has 28 heavy (non-hydrogen) atoms. The Bertz CT molecular complexity index is 1010. The molecule has 4 nitrogen and oxygen atoms in total. The molecule has 1 saturated heterocycles. The second-order valence-corrected chi connectivity index (χ2v) is 8.94. The number of hydrogen-bond donors (Lipinski definition) is 1. The van der Waals surface area contributed by atoms with Crippen molar-refractivity contribution in [1.29, 1.82) is 0 Å². The molecule has 0 bridgehead atoms. The summed E-state index contributed by atoms with van der Waals surface area (Å²) in [5.41, 5.74) is 4.83. The van der Waals surface area contributed by atoms with Crippen LogP contribution in [0.1, 0.15) is 58.0 Å². The molecular formula is C23H26N2O2S. The third kappa shape index (κ3) is 3.02. The van der Waals surface area contributed by atoms with Gasteiger partial charge in [0.1, 0.15) is 5.75 Å². The van der Waals surface area contributed by atoms with Crippen molar-refractivity contribution in [3.8, 4) is 5.75 Å². The summed E-state index contributed by atoms with van der Waals surface area (Å²) in [6, 6.07) is 6.19. The van der Waals surface area contributed by atoms with Crippen molar-refractivity contribution in [2.75, 3.05) is 20.2 Å². The molecule has 0 atom stereocenters. The zero-order chi connectivity index (χ0) is 19.1. The van der Waals surface area contributed by atoms with Crippen LogP contribution in [0.5, 0.6) is 5.75 Å². The number of likely N-dealkylation sites (tertiary alicyclic amines) is 1. The molecule has 146 valence electrons. The first-order chi connectivity index (χ1) is 13.7. The summed E-state index contributed by atoms with van der Waals surface area (Å²) < 4.78 is 5.40. The van der Waals surface area contributed by atoms with E-state index in [9.17, 15) is 4.79 Å². The average Bonchev–Trinajstić information content (AvgIpc) is 3.37. The molecule has 3 heterocycles. The highest BCUT2D eigenvalue weighted by molar-refractivity contribution is 7.10. The standard InChI is InChI=1S/C23H26N2O2S/c1-27-16-6-7-21-18(12-16)19(13-24-21)15-8-10-25(11-9-15)23(26)20-14-28-22-5-3-2-4-17(20)22/h6-7,12-15,24H,2-5,8-11H2,1H3. The summed E-state index contributed by atoms with van der Waals surface area (Å²) >= 11 is 1.78. The number of H-pyrrole nitrogens is 1. The van der Waals surface area contributed by atoms with Crippen LogP contribution in [0.3, 0.4) is 0 Å². The van der Waals surface area contributed by atoms with Crippen molar-refractivity contribution in [3.05, 3.63) is 51.3 Å². The predicted molar refractivity (Wildman–Crippen MR) is 114 cm³/mol. The quantitative estimate of drug-likeness (QED) is 0.669. The van der Waals surface area contributed by atoms with E-state index in [0.717, 1.165) is 55.6 Å². The molecule has 0 saturated carbocycles. The topological polar surface area (TPSA) is 45.3 Å². The van der Waals surface area contributed by atoms with Gasteiger partial charge in [0.05, 0.1) is 12.7 Å². The minimum absolute atomic E-state index is 0.249. The molecule has 1 aliphatic heterocycles. The van der Waals surface area contributed by atoms with Crippen molar-refractivity contribution in [2.24, 2.45) is 0 Å². The number of rotatable bonds is 3. The normalized spacial score (nSPS) is 17.7. The van der Waals surface area contributed by atoms with Gasteiger partial charge in [0, 0.05) is 40.4 Å². The summed E-state index contributed by atoms with van der Waals surface area (Å²) in [6.45, 7) is 1.68. The Hall–Kier alpha value is -2.27. The van der Waals surface area contributed by atoms with E-state index < -0.39 is 0 Å². The van der Waals surface area contributed by atoms with Gasteiger partial charge in [0.2, 0.25) is 0 Å². The number of methoxy groups -OCH3 is 1. The molecule has 2 aromatic heterocycles. The number of benzene rings is 1. The van der Waals surface area contributed by atoms with Gasteiger partial charge in [-0.25, -0.2) is 0 Å². The highest BCUT2D eigenvalue weighted by Gasteiger charge is 2.29. The Morgan fingerprint density at radius 2 is 2.04 bits per heavy atom. The van der Waals surface area contributed by atoms with Crippen LogP contribution in [0, 0.1) is 0 Å². The molecule has 3 aromatic rings. The number of fused-ring (bicyclic) bond motifs is 2. The molecule has 1 aromatic carbocycles. The largest absolute Gasteiger partial charge is 0.497 e. The number of nitrogens with one attached hydrogen (secondary N) is 1. The molecule has 0 unspecified atom stereocenters. The molecule has 1 amide bonds. The van der Waals surface area contributed by atoms with Crippen LogP contribution in [-0.2, 0) is 12.8 Å². The SMILES string of the molecule is COc1ccc2[nH]cc(C3CCN(C(=O)c4csc5c4CCCC5)CC3)c2c1. The number of aromatic amines is 1. The van der Waals surface area contributed by atoms with Crippen LogP contribution < -0.4 is 4.74 Å². The highest BCUT2D eigenvalue weighted by atomic mass is 32.1. The molecule has 0 spiro atoms. The summed E-state index contributed by atoms with van der Waals surface area (Å²) in [6.07, 6.45) is 8.89. The van der Waals surface area contributed by atoms with Crippen LogP contribution in [0.15, 0.2) is 29.8 Å². The Labute approximate surface area is 169 Å². The van der Waals surface area contributed by atoms with Crippen LogP contribution in [0.25, 0.3) is 10.9 Å². The minimum atomic E-state index is 0.249. The van der Waals surface area contributed by atoms with E-state index >= 15 is 0 Å². The van der Waals surface area contributed by atoms with E-state index in [4.69, 9.17) is 4.74 Å². The first kappa shape index (κ1) is 17.8. The lowest BCUT2D eigenvalue weighted by Gasteiger charge is -2.32. The van der Waals surface area contributed by atoms with E-state index in [1.165, 1.54) is 34.2 Å². The third-order valence-corrected chi connectivity index (χ3v) is 7.52. The average molecular weight is 395 g/mol. The summed E-state index contributed by atoms with van der Waals surface area (Å²) in [5.74, 6) is 1.63. The van der Waals surface area contributed by atoms with E-state index in [1.807, 2.05) is 6.07 Å². The third-order valence-electron chi connectivity index (χ3n) is 6.43. The van der Waals surface area contributed by atoms with Gasteiger partial charge in [0.25, 0.3) is 5.91 Å². The maximum Gasteiger partial charge on any atom is 0.254 e. The fraction of sp³-hybridized carbons (Fsp3) is 0.435. The molecule has 1 fully saturated rings. The van der Waals surface area contributed by atoms with E-state index in [2.05, 4.69) is 33.6 Å². The molecule has 5 heteroatoms. The fourth-order valence-corrected chi connectivity index (χ4v) is 5.94. The van der Waals surface area contributed by atoms with Gasteiger partial charge in [-0.05, 0) is 73.8 Å². The van der Waals surface area contributed by atoms with Crippen LogP contribution >= 0.6 is 11.3 Å². The highest BCUT2D eigenvalue weighted by Crippen LogP contribution is 2.36. The van der Waals surface area contributed by atoms with Crippen molar-refractivity contribution in [3.63, 3.8) is 0 Å². The second-order valence-electron chi connectivity index (χ2n) is 7.98.